The summed E-state index contributed by atoms with van der Waals surface area (Å²) in [6, 6.07) is 7.04. The molecule has 0 bridgehead atoms. The van der Waals surface area contributed by atoms with Crippen LogP contribution in [0.3, 0.4) is 0 Å². The Morgan fingerprint density at radius 2 is 2.08 bits per heavy atom. The molecule has 1 heterocycles. The Kier molecular flexibility index (Phi) is 5.23. The van der Waals surface area contributed by atoms with Crippen LogP contribution in [0.2, 0.25) is 0 Å². The van der Waals surface area contributed by atoms with Crippen LogP contribution in [-0.4, -0.2) is 30.0 Å². The zero-order chi connectivity index (χ0) is 17.9. The number of rotatable bonds is 5. The minimum atomic E-state index is -0.303. The second-order valence-corrected chi connectivity index (χ2v) is 5.74. The fourth-order valence-electron chi connectivity index (χ4n) is 2.41. The number of fused-ring (bicyclic) bond motifs is 1. The van der Waals surface area contributed by atoms with Crippen LogP contribution in [0.5, 0.6) is 5.75 Å². The molecule has 7 heteroatoms. The molecule has 128 valence electrons. The van der Waals surface area contributed by atoms with Gasteiger partial charge < -0.3 is 20.4 Å². The molecule has 1 aromatic carbocycles. The molecule has 2 aromatic rings. The van der Waals surface area contributed by atoms with Crippen LogP contribution < -0.4 is 21.3 Å². The maximum absolute atomic E-state index is 12.6. The number of amidine groups is 1. The Balaban J connectivity index is 2.61. The lowest BCUT2D eigenvalue weighted by molar-refractivity contribution is -0.122. The minimum absolute atomic E-state index is 0.0610. The van der Waals surface area contributed by atoms with E-state index in [-0.39, 0.29) is 29.9 Å². The molecular formula is C17H22N4O3. The molecule has 0 saturated carbocycles. The van der Waals surface area contributed by atoms with Gasteiger partial charge in [0.05, 0.1) is 17.0 Å². The largest absolute Gasteiger partial charge is 0.478 e. The van der Waals surface area contributed by atoms with Crippen molar-refractivity contribution >= 4 is 28.3 Å². The first-order chi connectivity index (χ1) is 11.3. The number of ether oxygens (including phenoxy) is 1. The highest BCUT2D eigenvalue weighted by atomic mass is 16.5. The van der Waals surface area contributed by atoms with Gasteiger partial charge in [-0.2, -0.15) is 0 Å². The molecule has 0 aliphatic carbocycles. The summed E-state index contributed by atoms with van der Waals surface area (Å²) in [4.78, 5) is 28.3. The van der Waals surface area contributed by atoms with Crippen molar-refractivity contribution in [2.24, 2.45) is 10.7 Å². The fourth-order valence-corrected chi connectivity index (χ4v) is 2.41. The number of pyridine rings is 1. The molecule has 0 aliphatic heterocycles. The standard InChI is InChI=1S/C17H22N4O3/c1-10(2)21-14-6-5-13(20-11(3)18)7-12(14)8-15(17(21)23)24-9-16(22)19-4/h5-8,10H,9H2,1-4H3,(H2,18,20)(H,19,22). The van der Waals surface area contributed by atoms with Crippen molar-refractivity contribution in [1.82, 2.24) is 9.88 Å². The van der Waals surface area contributed by atoms with Crippen molar-refractivity contribution in [2.45, 2.75) is 26.8 Å². The van der Waals surface area contributed by atoms with Crippen LogP contribution in [-0.2, 0) is 4.79 Å². The van der Waals surface area contributed by atoms with E-state index in [2.05, 4.69) is 10.3 Å². The number of carbonyl (C=O) groups is 1. The Hall–Kier alpha value is -2.83. The van der Waals surface area contributed by atoms with Gasteiger partial charge in [0.1, 0.15) is 0 Å². The number of nitrogens with one attached hydrogen (secondary N) is 1. The highest BCUT2D eigenvalue weighted by Gasteiger charge is 2.14. The maximum Gasteiger partial charge on any atom is 0.293 e. The van der Waals surface area contributed by atoms with Crippen LogP contribution in [0, 0.1) is 0 Å². The maximum atomic E-state index is 12.6. The van der Waals surface area contributed by atoms with E-state index >= 15 is 0 Å². The van der Waals surface area contributed by atoms with Gasteiger partial charge in [-0.05, 0) is 45.0 Å². The molecular weight excluding hydrogens is 308 g/mol. The Bertz CT molecular complexity index is 849. The second kappa shape index (κ2) is 7.16. The monoisotopic (exact) mass is 330 g/mol. The molecule has 0 spiro atoms. The molecule has 3 N–H and O–H groups in total. The predicted octanol–water partition coefficient (Wildman–Crippen LogP) is 1.72. The smallest absolute Gasteiger partial charge is 0.293 e. The normalized spacial score (nSPS) is 11.8. The van der Waals surface area contributed by atoms with Crippen LogP contribution in [0.25, 0.3) is 10.9 Å². The van der Waals surface area contributed by atoms with E-state index in [0.29, 0.717) is 11.5 Å². The van der Waals surface area contributed by atoms with Gasteiger partial charge in [0.15, 0.2) is 12.4 Å². The van der Waals surface area contributed by atoms with E-state index in [1.54, 1.807) is 17.6 Å². The van der Waals surface area contributed by atoms with Gasteiger partial charge >= 0.3 is 0 Å². The van der Waals surface area contributed by atoms with Crippen molar-refractivity contribution < 1.29 is 9.53 Å². The molecule has 0 radical (unpaired) electrons. The van der Waals surface area contributed by atoms with E-state index in [0.717, 1.165) is 10.9 Å². The van der Waals surface area contributed by atoms with Crippen molar-refractivity contribution in [3.63, 3.8) is 0 Å². The summed E-state index contributed by atoms with van der Waals surface area (Å²) in [5.74, 6) is 0.274. The summed E-state index contributed by atoms with van der Waals surface area (Å²) in [5.41, 5.74) is 6.81. The molecule has 0 unspecified atom stereocenters. The fraction of sp³-hybridized carbons (Fsp3) is 0.353. The Labute approximate surface area is 140 Å². The number of nitrogens with zero attached hydrogens (tertiary/aromatic N) is 2. The third-order valence-corrected chi connectivity index (χ3v) is 3.45. The van der Waals surface area contributed by atoms with Crippen LogP contribution in [0.4, 0.5) is 5.69 Å². The van der Waals surface area contributed by atoms with Gasteiger partial charge in [0, 0.05) is 18.5 Å². The first kappa shape index (κ1) is 17.5. The highest BCUT2D eigenvalue weighted by Crippen LogP contribution is 2.25. The minimum Gasteiger partial charge on any atom is -0.478 e. The van der Waals surface area contributed by atoms with Gasteiger partial charge in [0.25, 0.3) is 11.5 Å². The number of nitrogens with two attached hydrogens (primary N) is 1. The van der Waals surface area contributed by atoms with Crippen LogP contribution >= 0.6 is 0 Å². The summed E-state index contributed by atoms with van der Waals surface area (Å²) in [5, 5.41) is 3.25. The second-order valence-electron chi connectivity index (χ2n) is 5.74. The van der Waals surface area contributed by atoms with Gasteiger partial charge in [0.2, 0.25) is 0 Å². The number of likely N-dealkylation sites (N-methyl/N-ethyl adjacent to an activating group) is 1. The third-order valence-electron chi connectivity index (χ3n) is 3.45. The Morgan fingerprint density at radius 3 is 2.67 bits per heavy atom. The molecule has 1 aromatic heterocycles. The van der Waals surface area contributed by atoms with Crippen molar-refractivity contribution in [1.29, 1.82) is 0 Å². The molecule has 7 nitrogen and oxygen atoms in total. The molecule has 0 aliphatic rings. The molecule has 2 rings (SSSR count). The summed E-state index contributed by atoms with van der Waals surface area (Å²) in [7, 11) is 1.51. The lowest BCUT2D eigenvalue weighted by atomic mass is 10.1. The summed E-state index contributed by atoms with van der Waals surface area (Å²) in [6.07, 6.45) is 0. The lowest BCUT2D eigenvalue weighted by Crippen LogP contribution is -2.29. The van der Waals surface area contributed by atoms with Crippen molar-refractivity contribution in [3.8, 4) is 5.75 Å². The van der Waals surface area contributed by atoms with E-state index < -0.39 is 0 Å². The first-order valence-electron chi connectivity index (χ1n) is 7.67. The van der Waals surface area contributed by atoms with E-state index in [1.807, 2.05) is 32.0 Å². The predicted molar refractivity (Wildman–Crippen MR) is 95.1 cm³/mol. The van der Waals surface area contributed by atoms with Crippen LogP contribution in [0.1, 0.15) is 26.8 Å². The zero-order valence-electron chi connectivity index (χ0n) is 14.3. The van der Waals surface area contributed by atoms with Gasteiger partial charge in [-0.3, -0.25) is 9.59 Å². The number of carbonyl (C=O) groups excluding carboxylic acids is 1. The molecule has 24 heavy (non-hydrogen) atoms. The lowest BCUT2D eigenvalue weighted by Gasteiger charge is -2.16. The third kappa shape index (κ3) is 3.73. The molecule has 0 saturated heterocycles. The highest BCUT2D eigenvalue weighted by molar-refractivity contribution is 5.86. The zero-order valence-corrected chi connectivity index (χ0v) is 14.3. The number of amides is 1. The topological polar surface area (TPSA) is 98.7 Å². The van der Waals surface area contributed by atoms with Gasteiger partial charge in [-0.15, -0.1) is 0 Å². The van der Waals surface area contributed by atoms with Gasteiger partial charge in [-0.25, -0.2) is 4.99 Å². The number of hydrogen-bond acceptors (Lipinski definition) is 4. The van der Waals surface area contributed by atoms with Gasteiger partial charge in [-0.1, -0.05) is 0 Å². The quantitative estimate of drug-likeness (QED) is 0.644. The molecule has 1 amide bonds. The number of benzene rings is 1. The first-order valence-corrected chi connectivity index (χ1v) is 7.67. The average molecular weight is 330 g/mol. The Morgan fingerprint density at radius 1 is 1.38 bits per heavy atom. The van der Waals surface area contributed by atoms with E-state index in [1.165, 1.54) is 7.05 Å². The van der Waals surface area contributed by atoms with E-state index in [9.17, 15) is 9.59 Å². The summed E-state index contributed by atoms with van der Waals surface area (Å²) >= 11 is 0. The number of aliphatic imine (C=N–C) groups is 1. The van der Waals surface area contributed by atoms with E-state index in [4.69, 9.17) is 10.5 Å². The number of hydrogen-bond donors (Lipinski definition) is 2. The average Bonchev–Trinajstić information content (AvgIpc) is 2.51. The SMILES string of the molecule is CNC(=O)COc1cc2cc(N=C(C)N)ccc2n(C(C)C)c1=O. The van der Waals surface area contributed by atoms with Crippen molar-refractivity contribution in [2.75, 3.05) is 13.7 Å². The molecule has 0 atom stereocenters. The molecule has 0 fully saturated rings. The number of aromatic nitrogens is 1. The van der Waals surface area contributed by atoms with Crippen LogP contribution in [0.15, 0.2) is 34.1 Å². The van der Waals surface area contributed by atoms with Crippen molar-refractivity contribution in [3.05, 3.63) is 34.6 Å². The summed E-state index contributed by atoms with van der Waals surface area (Å²) < 4.78 is 7.04. The summed E-state index contributed by atoms with van der Waals surface area (Å²) in [6.45, 7) is 5.32.